The van der Waals surface area contributed by atoms with E-state index in [1.807, 2.05) is 0 Å². The van der Waals surface area contributed by atoms with E-state index in [-0.39, 0.29) is 41.9 Å². The Kier molecular flexibility index (Phi) is 7.51. The van der Waals surface area contributed by atoms with E-state index in [9.17, 15) is 31.9 Å². The average molecular weight is 511 g/mol. The third-order valence-electron chi connectivity index (χ3n) is 5.22. The summed E-state index contributed by atoms with van der Waals surface area (Å²) in [7, 11) is 0. The zero-order valence-corrected chi connectivity index (χ0v) is 19.7. The summed E-state index contributed by atoms with van der Waals surface area (Å²) in [4.78, 5) is 45.5. The lowest BCUT2D eigenvalue weighted by molar-refractivity contribution is -0.141. The molecule has 0 saturated carbocycles. The zero-order chi connectivity index (χ0) is 26.8. The van der Waals surface area contributed by atoms with Gasteiger partial charge in [0, 0.05) is 24.4 Å². The lowest BCUT2D eigenvalue weighted by atomic mass is 10.0. The monoisotopic (exact) mass is 511 g/mol. The number of carbonyl (C=O) groups is 3. The number of amides is 3. The molecular formula is C23H25F4N5O4. The summed E-state index contributed by atoms with van der Waals surface area (Å²) in [6.45, 7) is 4.48. The number of pyridine rings is 2. The molecule has 2 aromatic rings. The standard InChI is InChI=1S/C23H25F4N5O4/c1-22(2,3)36-21(35)32-11-13(24)6-17(32)20(34)31-9-14-7-15(16(10-29-14)19(28)33)12-4-5-18(30-8-12)23(25,26)27/h4-5,7-8,10,13,17H,6,9,11H2,1-3H3,(H2,28,33)(H,31,34)/t13-,17?/m1/s1. The number of nitrogens with two attached hydrogens (primary N) is 1. The SMILES string of the molecule is CC(C)(C)OC(=O)N1C[C@H](F)CC1C(=O)NCc1cc(-c2ccc(C(F)(F)F)nc2)c(C(N)=O)cn1. The molecule has 3 amide bonds. The molecule has 2 atom stereocenters. The normalized spacial score (nSPS) is 18.1. The van der Waals surface area contributed by atoms with Gasteiger partial charge in [0.2, 0.25) is 5.91 Å². The third kappa shape index (κ3) is 6.46. The first kappa shape index (κ1) is 26.8. The number of ether oxygens (including phenoxy) is 1. The smallest absolute Gasteiger partial charge is 0.433 e. The number of hydrogen-bond acceptors (Lipinski definition) is 6. The van der Waals surface area contributed by atoms with Crippen LogP contribution in [0.3, 0.4) is 0 Å². The van der Waals surface area contributed by atoms with Gasteiger partial charge in [0.1, 0.15) is 23.5 Å². The molecule has 1 aliphatic heterocycles. The van der Waals surface area contributed by atoms with Crippen LogP contribution in [0, 0.1) is 0 Å². The Hall–Kier alpha value is -3.77. The van der Waals surface area contributed by atoms with Crippen LogP contribution in [-0.2, 0) is 22.3 Å². The van der Waals surface area contributed by atoms with Crippen LogP contribution in [0.5, 0.6) is 0 Å². The van der Waals surface area contributed by atoms with Crippen molar-refractivity contribution in [3.63, 3.8) is 0 Å². The third-order valence-corrected chi connectivity index (χ3v) is 5.22. The van der Waals surface area contributed by atoms with Gasteiger partial charge in [0.25, 0.3) is 5.91 Å². The molecule has 194 valence electrons. The molecule has 0 aromatic carbocycles. The van der Waals surface area contributed by atoms with E-state index in [4.69, 9.17) is 10.5 Å². The van der Waals surface area contributed by atoms with Crippen molar-refractivity contribution in [2.24, 2.45) is 5.73 Å². The summed E-state index contributed by atoms with van der Waals surface area (Å²) >= 11 is 0. The molecule has 0 spiro atoms. The quantitative estimate of drug-likeness (QED) is 0.594. The summed E-state index contributed by atoms with van der Waals surface area (Å²) in [6.07, 6.45) is -4.97. The number of alkyl halides is 4. The van der Waals surface area contributed by atoms with Crippen molar-refractivity contribution in [3.8, 4) is 11.1 Å². The first-order chi connectivity index (χ1) is 16.7. The number of carbonyl (C=O) groups excluding carboxylic acids is 3. The van der Waals surface area contributed by atoms with Gasteiger partial charge in [-0.15, -0.1) is 0 Å². The highest BCUT2D eigenvalue weighted by Gasteiger charge is 2.41. The van der Waals surface area contributed by atoms with Gasteiger partial charge in [-0.1, -0.05) is 6.07 Å². The maximum atomic E-state index is 14.0. The first-order valence-corrected chi connectivity index (χ1v) is 10.9. The van der Waals surface area contributed by atoms with Gasteiger partial charge in [-0.2, -0.15) is 13.2 Å². The molecule has 1 unspecified atom stereocenters. The van der Waals surface area contributed by atoms with E-state index >= 15 is 0 Å². The predicted octanol–water partition coefficient (Wildman–Crippen LogP) is 3.23. The Balaban J connectivity index is 1.78. The number of likely N-dealkylation sites (tertiary alicyclic amines) is 1. The Bertz CT molecular complexity index is 1150. The van der Waals surface area contributed by atoms with Crippen molar-refractivity contribution in [2.75, 3.05) is 6.54 Å². The van der Waals surface area contributed by atoms with Gasteiger partial charge in [-0.3, -0.25) is 24.5 Å². The number of nitrogens with one attached hydrogen (secondary N) is 1. The molecule has 9 nitrogen and oxygen atoms in total. The molecule has 0 bridgehead atoms. The van der Waals surface area contributed by atoms with Crippen LogP contribution in [0.15, 0.2) is 30.6 Å². The van der Waals surface area contributed by atoms with Crippen LogP contribution in [0.2, 0.25) is 0 Å². The number of rotatable bonds is 5. The lowest BCUT2D eigenvalue weighted by Crippen LogP contribution is -2.47. The molecule has 1 saturated heterocycles. The van der Waals surface area contributed by atoms with Crippen molar-refractivity contribution < 1.29 is 36.7 Å². The molecule has 1 aliphatic rings. The van der Waals surface area contributed by atoms with E-state index in [0.717, 1.165) is 29.4 Å². The molecule has 0 aliphatic carbocycles. The van der Waals surface area contributed by atoms with Gasteiger partial charge in [0.15, 0.2) is 0 Å². The molecule has 3 heterocycles. The Labute approximate surface area is 204 Å². The molecule has 3 rings (SSSR count). The van der Waals surface area contributed by atoms with Crippen molar-refractivity contribution in [2.45, 2.75) is 57.7 Å². The fourth-order valence-electron chi connectivity index (χ4n) is 3.60. The summed E-state index contributed by atoms with van der Waals surface area (Å²) in [5.74, 6) is -1.50. The predicted molar refractivity (Wildman–Crippen MR) is 119 cm³/mol. The second kappa shape index (κ2) is 10.1. The van der Waals surface area contributed by atoms with E-state index in [2.05, 4.69) is 15.3 Å². The maximum absolute atomic E-state index is 14.0. The molecular weight excluding hydrogens is 486 g/mol. The Morgan fingerprint density at radius 1 is 1.17 bits per heavy atom. The lowest BCUT2D eigenvalue weighted by Gasteiger charge is -2.27. The fourth-order valence-corrected chi connectivity index (χ4v) is 3.60. The summed E-state index contributed by atoms with van der Waals surface area (Å²) in [6, 6.07) is 2.18. The highest BCUT2D eigenvalue weighted by molar-refractivity contribution is 5.99. The summed E-state index contributed by atoms with van der Waals surface area (Å²) < 4.78 is 57.8. The van der Waals surface area contributed by atoms with E-state index in [1.165, 1.54) is 6.07 Å². The van der Waals surface area contributed by atoms with Crippen LogP contribution in [-0.4, -0.2) is 57.1 Å². The van der Waals surface area contributed by atoms with Crippen molar-refractivity contribution in [3.05, 3.63) is 47.5 Å². The molecule has 1 fully saturated rings. The van der Waals surface area contributed by atoms with Crippen molar-refractivity contribution in [1.29, 1.82) is 0 Å². The van der Waals surface area contributed by atoms with Crippen LogP contribution in [0.4, 0.5) is 22.4 Å². The second-order valence-corrected chi connectivity index (χ2v) is 9.21. The second-order valence-electron chi connectivity index (χ2n) is 9.21. The van der Waals surface area contributed by atoms with E-state index in [1.54, 1.807) is 20.8 Å². The van der Waals surface area contributed by atoms with Crippen LogP contribution in [0.1, 0.15) is 48.9 Å². The van der Waals surface area contributed by atoms with Gasteiger partial charge in [-0.05, 0) is 38.5 Å². The van der Waals surface area contributed by atoms with Crippen molar-refractivity contribution in [1.82, 2.24) is 20.2 Å². The topological polar surface area (TPSA) is 128 Å². The van der Waals surface area contributed by atoms with Crippen LogP contribution in [0.25, 0.3) is 11.1 Å². The minimum atomic E-state index is -4.63. The number of aromatic nitrogens is 2. The first-order valence-electron chi connectivity index (χ1n) is 10.9. The maximum Gasteiger partial charge on any atom is 0.433 e. The molecule has 3 N–H and O–H groups in total. The number of primary amides is 1. The summed E-state index contributed by atoms with van der Waals surface area (Å²) in [5, 5.41) is 2.57. The number of nitrogens with zero attached hydrogens (tertiary/aromatic N) is 3. The van der Waals surface area contributed by atoms with E-state index in [0.29, 0.717) is 0 Å². The molecule has 36 heavy (non-hydrogen) atoms. The zero-order valence-electron chi connectivity index (χ0n) is 19.7. The van der Waals surface area contributed by atoms with Gasteiger partial charge >= 0.3 is 12.3 Å². The summed E-state index contributed by atoms with van der Waals surface area (Å²) in [5.41, 5.74) is 3.97. The van der Waals surface area contributed by atoms with Crippen LogP contribution >= 0.6 is 0 Å². The Morgan fingerprint density at radius 3 is 2.42 bits per heavy atom. The van der Waals surface area contributed by atoms with Gasteiger partial charge in [-0.25, -0.2) is 9.18 Å². The minimum Gasteiger partial charge on any atom is -0.444 e. The largest absolute Gasteiger partial charge is 0.444 e. The van der Waals surface area contributed by atoms with Gasteiger partial charge < -0.3 is 15.8 Å². The molecule has 0 radical (unpaired) electrons. The number of halogens is 4. The minimum absolute atomic E-state index is 0.0567. The molecule has 2 aromatic heterocycles. The number of hydrogen-bond donors (Lipinski definition) is 2. The van der Waals surface area contributed by atoms with Crippen molar-refractivity contribution >= 4 is 17.9 Å². The van der Waals surface area contributed by atoms with E-state index < -0.39 is 47.6 Å². The van der Waals surface area contributed by atoms with Gasteiger partial charge in [0.05, 0.1) is 24.3 Å². The van der Waals surface area contributed by atoms with Crippen LogP contribution < -0.4 is 11.1 Å². The Morgan fingerprint density at radius 2 is 1.86 bits per heavy atom. The average Bonchev–Trinajstić information content (AvgIpc) is 3.17. The molecule has 13 heteroatoms. The fraction of sp³-hybridized carbons (Fsp3) is 0.435. The highest BCUT2D eigenvalue weighted by atomic mass is 19.4. The highest BCUT2D eigenvalue weighted by Crippen LogP contribution is 2.30.